The average Bonchev–Trinajstić information content (AvgIpc) is 3.33. The molecule has 0 aliphatic carbocycles. The highest BCUT2D eigenvalue weighted by Crippen LogP contribution is 2.17. The lowest BCUT2D eigenvalue weighted by atomic mass is 10.2. The molecule has 0 spiro atoms. The summed E-state index contributed by atoms with van der Waals surface area (Å²) in [4.78, 5) is 12.4. The van der Waals surface area contributed by atoms with E-state index in [9.17, 15) is 4.79 Å². The molecule has 3 rings (SSSR count). The summed E-state index contributed by atoms with van der Waals surface area (Å²) >= 11 is 0. The molecule has 0 aliphatic rings. The van der Waals surface area contributed by atoms with Gasteiger partial charge in [0.05, 0.1) is 12.0 Å². The summed E-state index contributed by atoms with van der Waals surface area (Å²) in [6.07, 6.45) is 2.81. The van der Waals surface area contributed by atoms with Crippen molar-refractivity contribution in [2.75, 3.05) is 5.73 Å². The van der Waals surface area contributed by atoms with E-state index in [1.807, 2.05) is 6.92 Å². The number of nitrogens with two attached hydrogens (primary N) is 1. The molecule has 11 nitrogen and oxygen atoms in total. The fourth-order valence-electron chi connectivity index (χ4n) is 2.17. The molecule has 0 bridgehead atoms. The summed E-state index contributed by atoms with van der Waals surface area (Å²) in [5, 5.41) is 19.1. The van der Waals surface area contributed by atoms with Crippen LogP contribution >= 0.6 is 0 Å². The Morgan fingerprint density at radius 3 is 2.92 bits per heavy atom. The Bertz CT molecular complexity index is 893. The number of hydrogen-bond donors (Lipinski definition) is 2. The number of anilines is 1. The van der Waals surface area contributed by atoms with Crippen LogP contribution in [0, 0.1) is 0 Å². The number of rotatable bonds is 6. The fourth-order valence-corrected chi connectivity index (χ4v) is 2.17. The molecule has 0 aliphatic heterocycles. The molecule has 0 saturated carbocycles. The van der Waals surface area contributed by atoms with Gasteiger partial charge in [0.25, 0.3) is 5.91 Å². The number of amides is 1. The zero-order chi connectivity index (χ0) is 17.8. The second-order valence-corrected chi connectivity index (χ2v) is 5.14. The standard InChI is InChI=1S/C14H16N8O3/c1-3-5-9-11(17-21-22(9)13-12(15)19-25-20-13)14(23)18-16-8(2)10-6-4-7-24-10/h4,6-7H,3,5H2,1-2H3,(H2,15,19)(H,18,23)/b16-8+. The maximum atomic E-state index is 12.4. The van der Waals surface area contributed by atoms with E-state index in [0.29, 0.717) is 23.6 Å². The largest absolute Gasteiger partial charge is 0.463 e. The minimum Gasteiger partial charge on any atom is -0.463 e. The van der Waals surface area contributed by atoms with Crippen molar-refractivity contribution in [2.24, 2.45) is 5.10 Å². The zero-order valence-corrected chi connectivity index (χ0v) is 13.6. The first-order valence-corrected chi connectivity index (χ1v) is 7.53. The van der Waals surface area contributed by atoms with Gasteiger partial charge in [-0.1, -0.05) is 18.6 Å². The van der Waals surface area contributed by atoms with Crippen molar-refractivity contribution in [3.63, 3.8) is 0 Å². The number of carbonyl (C=O) groups is 1. The molecule has 0 radical (unpaired) electrons. The molecule has 130 valence electrons. The van der Waals surface area contributed by atoms with Gasteiger partial charge in [-0.15, -0.1) is 5.10 Å². The van der Waals surface area contributed by atoms with Crippen LogP contribution in [-0.2, 0) is 6.42 Å². The number of aromatic nitrogens is 5. The van der Waals surface area contributed by atoms with Crippen LogP contribution in [0.25, 0.3) is 5.82 Å². The monoisotopic (exact) mass is 344 g/mol. The second kappa shape index (κ2) is 6.95. The average molecular weight is 344 g/mol. The van der Waals surface area contributed by atoms with Crippen molar-refractivity contribution >= 4 is 17.4 Å². The first kappa shape index (κ1) is 16.4. The maximum absolute atomic E-state index is 12.4. The predicted octanol–water partition coefficient (Wildman–Crippen LogP) is 0.932. The summed E-state index contributed by atoms with van der Waals surface area (Å²) in [5.74, 6) is 0.293. The van der Waals surface area contributed by atoms with Crippen LogP contribution in [0.3, 0.4) is 0 Å². The van der Waals surface area contributed by atoms with Crippen molar-refractivity contribution in [2.45, 2.75) is 26.7 Å². The van der Waals surface area contributed by atoms with Gasteiger partial charge in [-0.3, -0.25) is 4.79 Å². The lowest BCUT2D eigenvalue weighted by Crippen LogP contribution is -2.21. The first-order chi connectivity index (χ1) is 12.1. The molecule has 3 heterocycles. The van der Waals surface area contributed by atoms with Crippen LogP contribution < -0.4 is 11.2 Å². The van der Waals surface area contributed by atoms with Crippen LogP contribution in [0.5, 0.6) is 0 Å². The predicted molar refractivity (Wildman–Crippen MR) is 86.0 cm³/mol. The lowest BCUT2D eigenvalue weighted by molar-refractivity contribution is 0.0948. The number of carbonyl (C=O) groups excluding carboxylic acids is 1. The molecular weight excluding hydrogens is 328 g/mol. The van der Waals surface area contributed by atoms with Gasteiger partial charge in [0.2, 0.25) is 11.6 Å². The summed E-state index contributed by atoms with van der Waals surface area (Å²) in [7, 11) is 0. The second-order valence-electron chi connectivity index (χ2n) is 5.14. The van der Waals surface area contributed by atoms with Gasteiger partial charge >= 0.3 is 0 Å². The van der Waals surface area contributed by atoms with E-state index in [4.69, 9.17) is 10.2 Å². The van der Waals surface area contributed by atoms with Gasteiger partial charge in [0.15, 0.2) is 5.69 Å². The third kappa shape index (κ3) is 3.24. The quantitative estimate of drug-likeness (QED) is 0.495. The lowest BCUT2D eigenvalue weighted by Gasteiger charge is -2.04. The zero-order valence-electron chi connectivity index (χ0n) is 13.6. The molecule has 0 atom stereocenters. The fraction of sp³-hybridized carbons (Fsp3) is 0.286. The molecule has 0 fully saturated rings. The van der Waals surface area contributed by atoms with E-state index in [2.05, 4.69) is 35.8 Å². The summed E-state index contributed by atoms with van der Waals surface area (Å²) in [6.45, 7) is 3.67. The Morgan fingerprint density at radius 1 is 1.44 bits per heavy atom. The maximum Gasteiger partial charge on any atom is 0.293 e. The van der Waals surface area contributed by atoms with Gasteiger partial charge < -0.3 is 10.2 Å². The molecule has 0 unspecified atom stereocenters. The Kier molecular flexibility index (Phi) is 4.55. The number of nitrogens with zero attached hydrogens (tertiary/aromatic N) is 6. The van der Waals surface area contributed by atoms with Gasteiger partial charge in [-0.25, -0.2) is 10.1 Å². The topological polar surface area (TPSA) is 150 Å². The minimum absolute atomic E-state index is 0.0564. The third-order valence-electron chi connectivity index (χ3n) is 3.36. The molecule has 0 aromatic carbocycles. The number of nitrogen functional groups attached to an aromatic ring is 1. The Hall–Kier alpha value is -3.50. The van der Waals surface area contributed by atoms with E-state index < -0.39 is 5.91 Å². The van der Waals surface area contributed by atoms with E-state index in [1.54, 1.807) is 19.1 Å². The molecule has 25 heavy (non-hydrogen) atoms. The van der Waals surface area contributed by atoms with Gasteiger partial charge in [-0.2, -0.15) is 9.78 Å². The first-order valence-electron chi connectivity index (χ1n) is 7.53. The van der Waals surface area contributed by atoms with E-state index in [-0.39, 0.29) is 17.3 Å². The summed E-state index contributed by atoms with van der Waals surface area (Å²) < 4.78 is 11.1. The van der Waals surface area contributed by atoms with Crippen molar-refractivity contribution in [1.29, 1.82) is 0 Å². The van der Waals surface area contributed by atoms with Crippen LogP contribution in [0.4, 0.5) is 5.82 Å². The van der Waals surface area contributed by atoms with E-state index in [1.165, 1.54) is 10.9 Å². The minimum atomic E-state index is -0.504. The molecule has 3 aromatic rings. The smallest absolute Gasteiger partial charge is 0.293 e. The molecule has 3 N–H and O–H groups in total. The molecule has 3 aromatic heterocycles. The highest BCUT2D eigenvalue weighted by Gasteiger charge is 2.23. The van der Waals surface area contributed by atoms with Crippen molar-refractivity contribution in [1.82, 2.24) is 30.7 Å². The van der Waals surface area contributed by atoms with Gasteiger partial charge in [-0.05, 0) is 35.8 Å². The Balaban J connectivity index is 1.86. The molecule has 11 heteroatoms. The van der Waals surface area contributed by atoms with Crippen LogP contribution in [0.2, 0.25) is 0 Å². The van der Waals surface area contributed by atoms with Crippen molar-refractivity contribution in [3.8, 4) is 5.82 Å². The Morgan fingerprint density at radius 2 is 2.28 bits per heavy atom. The van der Waals surface area contributed by atoms with Gasteiger partial charge in [0, 0.05) is 0 Å². The SMILES string of the molecule is CCCc1c(C(=O)N/N=C(\C)c2ccco2)nnn1-c1nonc1N. The number of hydrazone groups is 1. The molecule has 1 amide bonds. The molecular formula is C14H16N8O3. The highest BCUT2D eigenvalue weighted by atomic mass is 16.6. The van der Waals surface area contributed by atoms with Crippen LogP contribution in [-0.4, -0.2) is 36.9 Å². The molecule has 0 saturated heterocycles. The van der Waals surface area contributed by atoms with Crippen LogP contribution in [0.15, 0.2) is 32.5 Å². The van der Waals surface area contributed by atoms with Crippen molar-refractivity contribution < 1.29 is 13.8 Å². The summed E-state index contributed by atoms with van der Waals surface area (Å²) in [6, 6.07) is 3.47. The number of furan rings is 1. The highest BCUT2D eigenvalue weighted by molar-refractivity contribution is 5.98. The number of nitrogens with one attached hydrogen (secondary N) is 1. The van der Waals surface area contributed by atoms with E-state index in [0.717, 1.165) is 6.42 Å². The van der Waals surface area contributed by atoms with Crippen LogP contribution in [0.1, 0.15) is 42.2 Å². The Labute approximate surface area is 141 Å². The summed E-state index contributed by atoms with van der Waals surface area (Å²) in [5.41, 5.74) is 9.31. The third-order valence-corrected chi connectivity index (χ3v) is 3.36. The van der Waals surface area contributed by atoms with Gasteiger partial charge in [0.1, 0.15) is 11.5 Å². The van der Waals surface area contributed by atoms with E-state index >= 15 is 0 Å². The normalized spacial score (nSPS) is 11.7. The van der Waals surface area contributed by atoms with Crippen molar-refractivity contribution in [3.05, 3.63) is 35.5 Å². The number of hydrogen-bond acceptors (Lipinski definition) is 9.